The van der Waals surface area contributed by atoms with Crippen LogP contribution in [0.5, 0.6) is 11.5 Å². The Kier molecular flexibility index (Phi) is 7.36. The van der Waals surface area contributed by atoms with Gasteiger partial charge < -0.3 is 9.84 Å². The number of imide groups is 2. The summed E-state index contributed by atoms with van der Waals surface area (Å²) in [6.07, 6.45) is 2.01. The van der Waals surface area contributed by atoms with Gasteiger partial charge >= 0.3 is 0 Å². The number of carbonyl (C=O) groups excluding carboxylic acids is 4. The summed E-state index contributed by atoms with van der Waals surface area (Å²) in [6.45, 7) is 0. The van der Waals surface area contributed by atoms with Gasteiger partial charge in [-0.2, -0.15) is 10.1 Å². The molecule has 0 spiro atoms. The van der Waals surface area contributed by atoms with E-state index in [4.69, 9.17) is 16.3 Å². The Bertz CT molecular complexity index is 1850. The third-order valence-corrected chi connectivity index (χ3v) is 10.9. The second-order valence-corrected chi connectivity index (χ2v) is 13.5. The van der Waals surface area contributed by atoms with Gasteiger partial charge in [-0.05, 0) is 101 Å². The van der Waals surface area contributed by atoms with Crippen molar-refractivity contribution < 1.29 is 38.6 Å². The van der Waals surface area contributed by atoms with E-state index in [0.29, 0.717) is 31.0 Å². The monoisotopic (exact) mass is 757 g/mol. The molecule has 2 aliphatic heterocycles. The quantitative estimate of drug-likeness (QED) is 0.141. The molecule has 2 heterocycles. The Hall–Kier alpha value is -4.01. The predicted molar refractivity (Wildman–Crippen MR) is 170 cm³/mol. The molecule has 3 N–H and O–H groups in total. The fourth-order valence-corrected chi connectivity index (χ4v) is 8.68. The van der Waals surface area contributed by atoms with Crippen LogP contribution in [0.15, 0.2) is 72.3 Å². The summed E-state index contributed by atoms with van der Waals surface area (Å²) in [4.78, 5) is 55.8. The van der Waals surface area contributed by atoms with Crippen molar-refractivity contribution >= 4 is 63.5 Å². The maximum atomic E-state index is 15.0. The number of phenols is 1. The van der Waals surface area contributed by atoms with Crippen LogP contribution in [0.3, 0.4) is 0 Å². The largest absolute Gasteiger partial charge is 0.504 e. The molecule has 0 bridgehead atoms. The molecule has 236 valence electrons. The van der Waals surface area contributed by atoms with Crippen LogP contribution in [0.2, 0.25) is 5.02 Å². The van der Waals surface area contributed by atoms with Crippen molar-refractivity contribution in [2.45, 2.75) is 24.2 Å². The average Bonchev–Trinajstić information content (AvgIpc) is 3.40. The standard InChI is InChI=1S/C33H26ClFIN3O7/c1-46-25-13-15(12-24(36)28(25)40)27-20-10-11-21-26(31(43)39(45)29(21)41)22(20)14-23-30(42)38(37-19-8-6-18(35)7-9-19)32(44)33(23,27)16-2-4-17(34)5-3-16/h2-10,12-13,21-23,26-27,37,40,45H,11,14H2,1H3/t21-,22+,23-,26-,27-,33+/m0/s1. The van der Waals surface area contributed by atoms with Crippen molar-refractivity contribution in [3.05, 3.63) is 97.8 Å². The zero-order valence-electron chi connectivity index (χ0n) is 24.1. The van der Waals surface area contributed by atoms with E-state index in [-0.39, 0.29) is 29.4 Å². The normalized spacial score (nSPS) is 28.5. The first-order chi connectivity index (χ1) is 22.0. The highest BCUT2D eigenvalue weighted by atomic mass is 127. The lowest BCUT2D eigenvalue weighted by Gasteiger charge is -2.50. The van der Waals surface area contributed by atoms with E-state index in [1.807, 2.05) is 28.7 Å². The molecule has 1 saturated carbocycles. The minimum absolute atomic E-state index is 0.0253. The van der Waals surface area contributed by atoms with E-state index in [1.54, 1.807) is 36.4 Å². The number of benzene rings is 3. The molecule has 0 radical (unpaired) electrons. The number of hydrazine groups is 1. The minimum Gasteiger partial charge on any atom is -0.504 e. The van der Waals surface area contributed by atoms with Crippen LogP contribution in [-0.2, 0) is 24.6 Å². The molecule has 4 aliphatic rings. The third-order valence-electron chi connectivity index (χ3n) is 9.84. The summed E-state index contributed by atoms with van der Waals surface area (Å²) in [6, 6.07) is 15.2. The van der Waals surface area contributed by atoms with Gasteiger partial charge in [-0.25, -0.2) is 4.39 Å². The molecule has 46 heavy (non-hydrogen) atoms. The van der Waals surface area contributed by atoms with Gasteiger partial charge in [0.2, 0.25) is 0 Å². The number of halogens is 3. The highest BCUT2D eigenvalue weighted by molar-refractivity contribution is 14.1. The molecule has 13 heteroatoms. The number of rotatable bonds is 5. The first kappa shape index (κ1) is 30.6. The number of nitrogens with one attached hydrogen (secondary N) is 1. The molecule has 10 nitrogen and oxygen atoms in total. The van der Waals surface area contributed by atoms with Gasteiger partial charge in [0, 0.05) is 10.9 Å². The maximum Gasteiger partial charge on any atom is 0.260 e. The van der Waals surface area contributed by atoms with E-state index < -0.39 is 64.5 Å². The third kappa shape index (κ3) is 4.29. The molecule has 2 saturated heterocycles. The lowest BCUT2D eigenvalue weighted by Crippen LogP contribution is -2.53. The molecule has 7 rings (SSSR count). The molecular formula is C33H26ClFIN3O7. The van der Waals surface area contributed by atoms with Gasteiger partial charge in [0.1, 0.15) is 5.82 Å². The van der Waals surface area contributed by atoms with Gasteiger partial charge in [0.15, 0.2) is 11.5 Å². The zero-order valence-corrected chi connectivity index (χ0v) is 27.0. The number of fused-ring (bicyclic) bond motifs is 4. The van der Waals surface area contributed by atoms with Crippen LogP contribution in [0, 0.1) is 33.1 Å². The smallest absolute Gasteiger partial charge is 0.260 e. The Balaban J connectivity index is 1.50. The molecule has 2 aliphatic carbocycles. The second-order valence-electron chi connectivity index (χ2n) is 11.9. The van der Waals surface area contributed by atoms with Gasteiger partial charge in [-0.15, -0.1) is 0 Å². The van der Waals surface area contributed by atoms with E-state index in [1.165, 1.54) is 31.4 Å². The van der Waals surface area contributed by atoms with Crippen molar-refractivity contribution in [3.63, 3.8) is 0 Å². The SMILES string of the molecule is COc1cc([C@H]2C3=CC[C@@H]4C(=O)N(O)C(=O)[C@@H]4[C@@H]3C[C@H]3C(=O)N(Nc4ccc(F)cc4)C(=O)[C@@]23c2ccc(Cl)cc2)cc(I)c1O. The van der Waals surface area contributed by atoms with Crippen molar-refractivity contribution in [3.8, 4) is 11.5 Å². The fraction of sp³-hybridized carbons (Fsp3) is 0.273. The fourth-order valence-electron chi connectivity index (χ4n) is 7.93. The van der Waals surface area contributed by atoms with Crippen LogP contribution < -0.4 is 10.2 Å². The van der Waals surface area contributed by atoms with Gasteiger partial charge in [-0.3, -0.25) is 29.8 Å². The molecule has 3 aromatic carbocycles. The average molecular weight is 758 g/mol. The van der Waals surface area contributed by atoms with Crippen molar-refractivity contribution in [1.82, 2.24) is 10.1 Å². The van der Waals surface area contributed by atoms with Gasteiger partial charge in [0.05, 0.1) is 39.5 Å². The number of amides is 4. The van der Waals surface area contributed by atoms with E-state index in [2.05, 4.69) is 5.43 Å². The summed E-state index contributed by atoms with van der Waals surface area (Å²) < 4.78 is 19.7. The van der Waals surface area contributed by atoms with Crippen molar-refractivity contribution in [2.24, 2.45) is 23.7 Å². The van der Waals surface area contributed by atoms with Gasteiger partial charge in [0.25, 0.3) is 23.6 Å². The Labute approximate surface area is 280 Å². The summed E-state index contributed by atoms with van der Waals surface area (Å²) in [5.41, 5.74) is 3.30. The van der Waals surface area contributed by atoms with E-state index in [9.17, 15) is 29.1 Å². The number of carbonyl (C=O) groups is 4. The molecule has 4 amide bonds. The zero-order chi connectivity index (χ0) is 32.7. The lowest BCUT2D eigenvalue weighted by molar-refractivity contribution is -0.173. The predicted octanol–water partition coefficient (Wildman–Crippen LogP) is 5.17. The number of nitrogens with zero attached hydrogens (tertiary/aromatic N) is 2. The molecule has 0 unspecified atom stereocenters. The summed E-state index contributed by atoms with van der Waals surface area (Å²) >= 11 is 8.25. The summed E-state index contributed by atoms with van der Waals surface area (Å²) in [5.74, 6) is -7.43. The molecular weight excluding hydrogens is 732 g/mol. The van der Waals surface area contributed by atoms with E-state index in [0.717, 1.165) is 5.01 Å². The van der Waals surface area contributed by atoms with Crippen molar-refractivity contribution in [1.29, 1.82) is 0 Å². The Morgan fingerprint density at radius 3 is 2.37 bits per heavy atom. The number of aromatic hydroxyl groups is 1. The number of anilines is 1. The first-order valence-electron chi connectivity index (χ1n) is 14.5. The van der Waals surface area contributed by atoms with Gasteiger partial charge in [-0.1, -0.05) is 35.4 Å². The number of allylic oxidation sites excluding steroid dienone is 2. The van der Waals surface area contributed by atoms with Crippen LogP contribution in [0.4, 0.5) is 10.1 Å². The van der Waals surface area contributed by atoms with Crippen LogP contribution in [0.25, 0.3) is 0 Å². The number of hydrogen-bond donors (Lipinski definition) is 3. The van der Waals surface area contributed by atoms with Crippen LogP contribution >= 0.6 is 34.2 Å². The molecule has 3 fully saturated rings. The maximum absolute atomic E-state index is 15.0. The Morgan fingerprint density at radius 1 is 1.00 bits per heavy atom. The highest BCUT2D eigenvalue weighted by Crippen LogP contribution is 2.64. The summed E-state index contributed by atoms with van der Waals surface area (Å²) in [7, 11) is 1.40. The topological polar surface area (TPSA) is 136 Å². The van der Waals surface area contributed by atoms with Crippen LogP contribution in [-0.4, -0.2) is 51.1 Å². The highest BCUT2D eigenvalue weighted by Gasteiger charge is 2.70. The summed E-state index contributed by atoms with van der Waals surface area (Å²) in [5, 5.41) is 22.6. The molecule has 0 aromatic heterocycles. The minimum atomic E-state index is -1.58. The molecule has 3 aromatic rings. The van der Waals surface area contributed by atoms with E-state index >= 15 is 4.79 Å². The number of hydroxylamine groups is 2. The van der Waals surface area contributed by atoms with Crippen LogP contribution in [0.1, 0.15) is 29.9 Å². The number of phenolic OH excluding ortho intramolecular Hbond substituents is 1. The number of ether oxygens (including phenoxy) is 1. The second kappa shape index (κ2) is 11.1. The first-order valence-corrected chi connectivity index (χ1v) is 15.9. The molecule has 6 atom stereocenters. The number of methoxy groups -OCH3 is 1. The number of hydrogen-bond acceptors (Lipinski definition) is 8. The Morgan fingerprint density at radius 2 is 1.70 bits per heavy atom. The lowest BCUT2D eigenvalue weighted by atomic mass is 9.49. The van der Waals surface area contributed by atoms with Crippen molar-refractivity contribution in [2.75, 3.05) is 12.5 Å².